The second kappa shape index (κ2) is 10.0. The molecule has 1 unspecified atom stereocenters. The number of hydrogen-bond acceptors (Lipinski definition) is 2. The molecule has 0 aliphatic rings. The molecular weight excluding hydrogens is 365 g/mol. The van der Waals surface area contributed by atoms with Gasteiger partial charge < -0.3 is 10.6 Å². The third-order valence-electron chi connectivity index (χ3n) is 3.00. The molecule has 1 rings (SSSR count). The van der Waals surface area contributed by atoms with Crippen LogP contribution in [0.4, 0.5) is 0 Å². The van der Waals surface area contributed by atoms with Gasteiger partial charge in [-0.05, 0) is 25.7 Å². The van der Waals surface area contributed by atoms with E-state index in [0.29, 0.717) is 6.04 Å². The summed E-state index contributed by atoms with van der Waals surface area (Å²) in [6, 6.07) is 0.433. The number of aromatic nitrogens is 2. The minimum absolute atomic E-state index is 0. The van der Waals surface area contributed by atoms with Crippen LogP contribution < -0.4 is 10.6 Å². The van der Waals surface area contributed by atoms with Gasteiger partial charge in [0.2, 0.25) is 0 Å². The van der Waals surface area contributed by atoms with Gasteiger partial charge in [-0.15, -0.1) is 24.0 Å². The van der Waals surface area contributed by atoms with E-state index < -0.39 is 0 Å². The lowest BCUT2D eigenvalue weighted by Gasteiger charge is -2.18. The predicted molar refractivity (Wildman–Crippen MR) is 95.5 cm³/mol. The highest BCUT2D eigenvalue weighted by Gasteiger charge is 2.06. The molecule has 0 radical (unpaired) electrons. The van der Waals surface area contributed by atoms with Gasteiger partial charge in [0, 0.05) is 38.4 Å². The molecule has 0 bridgehead atoms. The van der Waals surface area contributed by atoms with Crippen molar-refractivity contribution >= 4 is 29.9 Å². The topological polar surface area (TPSA) is 54.2 Å². The van der Waals surface area contributed by atoms with Gasteiger partial charge in [-0.1, -0.05) is 13.8 Å². The maximum Gasteiger partial charge on any atom is 0.191 e. The van der Waals surface area contributed by atoms with Crippen LogP contribution in [0.1, 0.15) is 39.2 Å². The quantitative estimate of drug-likeness (QED) is 0.444. The lowest BCUT2D eigenvalue weighted by Crippen LogP contribution is -2.41. The zero-order valence-electron chi connectivity index (χ0n) is 13.2. The molecule has 0 amide bonds. The number of aliphatic imine (C=N–C) groups is 1. The molecule has 0 aliphatic carbocycles. The van der Waals surface area contributed by atoms with Gasteiger partial charge in [-0.3, -0.25) is 9.67 Å². The van der Waals surface area contributed by atoms with Crippen molar-refractivity contribution in [2.24, 2.45) is 18.0 Å². The largest absolute Gasteiger partial charge is 0.354 e. The molecule has 1 atom stereocenters. The van der Waals surface area contributed by atoms with Crippen molar-refractivity contribution in [1.29, 1.82) is 0 Å². The van der Waals surface area contributed by atoms with Crippen molar-refractivity contribution in [3.05, 3.63) is 18.0 Å². The standard InChI is InChI=1S/C14H27N5.HI/c1-11(2)6-7-12(3)18-14(15-4)16-8-13-9-17-19(5)10-13;/h9-12H,6-8H2,1-5H3,(H2,15,16,18);1H. The summed E-state index contributed by atoms with van der Waals surface area (Å²) in [5, 5.41) is 10.9. The fourth-order valence-electron chi connectivity index (χ4n) is 1.83. The van der Waals surface area contributed by atoms with Crippen molar-refractivity contribution in [2.45, 2.75) is 46.2 Å². The number of aryl methyl sites for hydroxylation is 1. The highest BCUT2D eigenvalue weighted by Crippen LogP contribution is 2.06. The van der Waals surface area contributed by atoms with Crippen LogP contribution in [-0.4, -0.2) is 28.8 Å². The molecule has 0 saturated carbocycles. The van der Waals surface area contributed by atoms with Crippen molar-refractivity contribution in [3.8, 4) is 0 Å². The number of hydrogen-bond donors (Lipinski definition) is 2. The Hall–Kier alpha value is -0.790. The summed E-state index contributed by atoms with van der Waals surface area (Å²) < 4.78 is 1.80. The van der Waals surface area contributed by atoms with Crippen LogP contribution in [-0.2, 0) is 13.6 Å². The first-order valence-corrected chi connectivity index (χ1v) is 6.96. The maximum atomic E-state index is 4.24. The van der Waals surface area contributed by atoms with E-state index in [0.717, 1.165) is 30.4 Å². The van der Waals surface area contributed by atoms with Gasteiger partial charge in [0.25, 0.3) is 0 Å². The van der Waals surface area contributed by atoms with E-state index in [4.69, 9.17) is 0 Å². The third kappa shape index (κ3) is 7.72. The van der Waals surface area contributed by atoms with Crippen LogP contribution in [0, 0.1) is 5.92 Å². The number of halogens is 1. The molecule has 6 heteroatoms. The SMILES string of the molecule is CN=C(NCc1cnn(C)c1)NC(C)CCC(C)C.I. The Bertz CT molecular complexity index is 400. The summed E-state index contributed by atoms with van der Waals surface area (Å²) in [6.07, 6.45) is 6.25. The summed E-state index contributed by atoms with van der Waals surface area (Å²) in [4.78, 5) is 4.24. The van der Waals surface area contributed by atoms with Crippen molar-refractivity contribution in [2.75, 3.05) is 7.05 Å². The van der Waals surface area contributed by atoms with Gasteiger partial charge in [0.15, 0.2) is 5.96 Å². The zero-order chi connectivity index (χ0) is 14.3. The average molecular weight is 393 g/mol. The van der Waals surface area contributed by atoms with Crippen LogP contribution in [0.5, 0.6) is 0 Å². The minimum atomic E-state index is 0. The highest BCUT2D eigenvalue weighted by molar-refractivity contribution is 14.0. The fraction of sp³-hybridized carbons (Fsp3) is 0.714. The van der Waals surface area contributed by atoms with Gasteiger partial charge in [0.1, 0.15) is 0 Å². The zero-order valence-corrected chi connectivity index (χ0v) is 15.5. The maximum absolute atomic E-state index is 4.24. The van der Waals surface area contributed by atoms with Gasteiger partial charge in [-0.25, -0.2) is 0 Å². The molecule has 0 spiro atoms. The summed E-state index contributed by atoms with van der Waals surface area (Å²) in [6.45, 7) is 7.44. The van der Waals surface area contributed by atoms with E-state index in [1.807, 2.05) is 19.4 Å². The second-order valence-electron chi connectivity index (χ2n) is 5.46. The molecule has 5 nitrogen and oxygen atoms in total. The summed E-state index contributed by atoms with van der Waals surface area (Å²) in [5.74, 6) is 1.59. The van der Waals surface area contributed by atoms with Crippen LogP contribution in [0.2, 0.25) is 0 Å². The van der Waals surface area contributed by atoms with Crippen molar-refractivity contribution in [1.82, 2.24) is 20.4 Å². The van der Waals surface area contributed by atoms with E-state index in [-0.39, 0.29) is 24.0 Å². The molecule has 0 fully saturated rings. The van der Waals surface area contributed by atoms with Crippen molar-refractivity contribution < 1.29 is 0 Å². The molecule has 116 valence electrons. The first-order valence-electron chi connectivity index (χ1n) is 6.96. The number of guanidine groups is 1. The Morgan fingerprint density at radius 1 is 1.35 bits per heavy atom. The van der Waals surface area contributed by atoms with E-state index in [1.165, 1.54) is 6.42 Å². The fourth-order valence-corrected chi connectivity index (χ4v) is 1.83. The van der Waals surface area contributed by atoms with Crippen molar-refractivity contribution in [3.63, 3.8) is 0 Å². The van der Waals surface area contributed by atoms with Crippen LogP contribution >= 0.6 is 24.0 Å². The molecule has 1 aromatic rings. The van der Waals surface area contributed by atoms with Gasteiger partial charge >= 0.3 is 0 Å². The molecule has 1 heterocycles. The Balaban J connectivity index is 0.00000361. The number of rotatable bonds is 6. The van der Waals surface area contributed by atoms with Crippen LogP contribution in [0.15, 0.2) is 17.4 Å². The lowest BCUT2D eigenvalue weighted by molar-refractivity contribution is 0.489. The van der Waals surface area contributed by atoms with E-state index in [2.05, 4.69) is 41.5 Å². The van der Waals surface area contributed by atoms with Gasteiger partial charge in [0.05, 0.1) is 6.20 Å². The Morgan fingerprint density at radius 2 is 2.05 bits per heavy atom. The van der Waals surface area contributed by atoms with Crippen LogP contribution in [0.3, 0.4) is 0 Å². The summed E-state index contributed by atoms with van der Waals surface area (Å²) in [7, 11) is 3.72. The van der Waals surface area contributed by atoms with E-state index >= 15 is 0 Å². The Labute approximate surface area is 139 Å². The molecule has 0 aromatic carbocycles. The highest BCUT2D eigenvalue weighted by atomic mass is 127. The van der Waals surface area contributed by atoms with Gasteiger partial charge in [-0.2, -0.15) is 5.10 Å². The average Bonchev–Trinajstić information content (AvgIpc) is 2.77. The first-order chi connectivity index (χ1) is 9.01. The smallest absolute Gasteiger partial charge is 0.191 e. The molecule has 0 saturated heterocycles. The summed E-state index contributed by atoms with van der Waals surface area (Å²) in [5.41, 5.74) is 1.15. The summed E-state index contributed by atoms with van der Waals surface area (Å²) >= 11 is 0. The van der Waals surface area contributed by atoms with E-state index in [1.54, 1.807) is 11.7 Å². The molecular formula is C14H28IN5. The molecule has 0 aliphatic heterocycles. The second-order valence-corrected chi connectivity index (χ2v) is 5.46. The molecule has 1 aromatic heterocycles. The Morgan fingerprint density at radius 3 is 2.55 bits per heavy atom. The lowest BCUT2D eigenvalue weighted by atomic mass is 10.0. The number of nitrogens with zero attached hydrogens (tertiary/aromatic N) is 3. The molecule has 2 N–H and O–H groups in total. The Kier molecular flexibility index (Phi) is 9.62. The van der Waals surface area contributed by atoms with E-state index in [9.17, 15) is 0 Å². The normalized spacial score (nSPS) is 13.0. The third-order valence-corrected chi connectivity index (χ3v) is 3.00. The van der Waals surface area contributed by atoms with Crippen LogP contribution in [0.25, 0.3) is 0 Å². The number of nitrogens with one attached hydrogen (secondary N) is 2. The predicted octanol–water partition coefficient (Wildman–Crippen LogP) is 2.53. The first kappa shape index (κ1) is 19.2. The monoisotopic (exact) mass is 393 g/mol. The minimum Gasteiger partial charge on any atom is -0.354 e. The molecule has 20 heavy (non-hydrogen) atoms.